The number of sulfonamides is 1. The topological polar surface area (TPSA) is 83.6 Å². The highest BCUT2D eigenvalue weighted by molar-refractivity contribution is 7.89. The molecule has 1 fully saturated rings. The van der Waals surface area contributed by atoms with Crippen LogP contribution >= 0.6 is 11.6 Å². The number of hydrogen-bond acceptors (Lipinski definition) is 4. The van der Waals surface area contributed by atoms with E-state index in [0.717, 1.165) is 4.31 Å². The second kappa shape index (κ2) is 4.96. The molecule has 114 valence electrons. The summed E-state index contributed by atoms with van der Waals surface area (Å²) in [6, 6.07) is 5.15. The van der Waals surface area contributed by atoms with Crippen molar-refractivity contribution in [2.75, 3.05) is 0 Å². The summed E-state index contributed by atoms with van der Waals surface area (Å²) in [4.78, 5) is 23.4. The molecule has 2 aliphatic rings. The number of nitrogens with zero attached hydrogens (tertiary/aromatic N) is 1. The summed E-state index contributed by atoms with van der Waals surface area (Å²) in [5, 5.41) is 2.57. The van der Waals surface area contributed by atoms with E-state index in [0.29, 0.717) is 5.02 Å². The Balaban J connectivity index is 2.06. The quantitative estimate of drug-likeness (QED) is 0.821. The molecular weight excluding hydrogens is 328 g/mol. The lowest BCUT2D eigenvalue weighted by Crippen LogP contribution is -2.36. The van der Waals surface area contributed by atoms with E-state index in [9.17, 15) is 18.0 Å². The highest BCUT2D eigenvalue weighted by Gasteiger charge is 2.38. The molecule has 0 radical (unpaired) electrons. The third-order valence-corrected chi connectivity index (χ3v) is 5.57. The van der Waals surface area contributed by atoms with Crippen LogP contribution in [0.5, 0.6) is 0 Å². The fraction of sp³-hybridized carbons (Fsp3) is 0.143. The number of fused-ring (bicyclic) bond motifs is 1. The number of carbonyl (C=O) groups excluding carboxylic acids is 2. The van der Waals surface area contributed by atoms with E-state index in [1.54, 1.807) is 6.92 Å². The Morgan fingerprint density at radius 2 is 1.68 bits per heavy atom. The van der Waals surface area contributed by atoms with E-state index < -0.39 is 27.9 Å². The van der Waals surface area contributed by atoms with Crippen molar-refractivity contribution in [1.29, 1.82) is 0 Å². The Bertz CT molecular complexity index is 840. The van der Waals surface area contributed by atoms with Crippen molar-refractivity contribution >= 4 is 33.4 Å². The summed E-state index contributed by atoms with van der Waals surface area (Å²) in [7, 11) is -3.85. The number of hydrogen-bond donors (Lipinski definition) is 1. The summed E-state index contributed by atoms with van der Waals surface area (Å²) < 4.78 is 26.4. The number of halogens is 1. The SMILES string of the molecule is CC1C=C2C(=O)NC(=O)C2=CN1S(=O)(=O)c1ccc(Cl)cc1. The van der Waals surface area contributed by atoms with Crippen molar-refractivity contribution < 1.29 is 18.0 Å². The van der Waals surface area contributed by atoms with Gasteiger partial charge in [0.1, 0.15) is 0 Å². The number of rotatable bonds is 2. The lowest BCUT2D eigenvalue weighted by atomic mass is 10.0. The molecule has 1 unspecified atom stereocenters. The second-order valence-corrected chi connectivity index (χ2v) is 7.22. The number of nitrogens with one attached hydrogen (secondary N) is 1. The molecule has 0 bridgehead atoms. The molecule has 6 nitrogen and oxygen atoms in total. The summed E-state index contributed by atoms with van der Waals surface area (Å²) in [5.41, 5.74) is 0.265. The van der Waals surface area contributed by atoms with Crippen molar-refractivity contribution in [2.45, 2.75) is 17.9 Å². The summed E-state index contributed by atoms with van der Waals surface area (Å²) >= 11 is 5.76. The van der Waals surface area contributed by atoms with E-state index in [1.165, 1.54) is 36.5 Å². The average molecular weight is 339 g/mol. The van der Waals surface area contributed by atoms with Crippen LogP contribution < -0.4 is 5.32 Å². The molecule has 1 N–H and O–H groups in total. The minimum absolute atomic E-state index is 0.0561. The Labute approximate surface area is 132 Å². The van der Waals surface area contributed by atoms with Crippen LogP contribution in [0.3, 0.4) is 0 Å². The van der Waals surface area contributed by atoms with Crippen LogP contribution in [0.25, 0.3) is 0 Å². The summed E-state index contributed by atoms with van der Waals surface area (Å²) in [5.74, 6) is -1.11. The van der Waals surface area contributed by atoms with E-state index in [4.69, 9.17) is 11.6 Å². The zero-order chi connectivity index (χ0) is 16.1. The standard InChI is InChI=1S/C14H11ClN2O4S/c1-8-6-11-12(14(19)16-13(11)18)7-17(8)22(20,21)10-4-2-9(15)3-5-10/h2-8H,1H3,(H,16,18,19). The average Bonchev–Trinajstić information content (AvgIpc) is 2.73. The van der Waals surface area contributed by atoms with E-state index in [2.05, 4.69) is 5.32 Å². The van der Waals surface area contributed by atoms with Gasteiger partial charge in [0.05, 0.1) is 22.1 Å². The highest BCUT2D eigenvalue weighted by atomic mass is 35.5. The smallest absolute Gasteiger partial charge is 0.264 e. The maximum Gasteiger partial charge on any atom is 0.264 e. The third-order valence-electron chi connectivity index (χ3n) is 3.46. The molecule has 8 heteroatoms. The van der Waals surface area contributed by atoms with Gasteiger partial charge in [0.25, 0.3) is 21.8 Å². The molecule has 1 aromatic rings. The molecule has 1 aromatic carbocycles. The Kier molecular flexibility index (Phi) is 3.34. The van der Waals surface area contributed by atoms with Crippen LogP contribution in [-0.4, -0.2) is 30.6 Å². The zero-order valence-corrected chi connectivity index (χ0v) is 13.0. The van der Waals surface area contributed by atoms with Crippen molar-refractivity contribution in [3.8, 4) is 0 Å². The molecule has 3 rings (SSSR count). The highest BCUT2D eigenvalue weighted by Crippen LogP contribution is 2.30. The minimum Gasteiger partial charge on any atom is -0.288 e. The van der Waals surface area contributed by atoms with Crippen LogP contribution in [0.4, 0.5) is 0 Å². The monoisotopic (exact) mass is 338 g/mol. The predicted molar refractivity (Wildman–Crippen MR) is 79.3 cm³/mol. The molecule has 2 amide bonds. The first-order valence-electron chi connectivity index (χ1n) is 6.39. The van der Waals surface area contributed by atoms with Gasteiger partial charge in [0.15, 0.2) is 0 Å². The van der Waals surface area contributed by atoms with Crippen molar-refractivity contribution in [2.24, 2.45) is 0 Å². The van der Waals surface area contributed by atoms with Gasteiger partial charge in [-0.2, -0.15) is 0 Å². The van der Waals surface area contributed by atoms with E-state index in [-0.39, 0.29) is 16.0 Å². The van der Waals surface area contributed by atoms with Gasteiger partial charge in [-0.15, -0.1) is 0 Å². The number of amides is 2. The van der Waals surface area contributed by atoms with Gasteiger partial charge in [-0.05, 0) is 37.3 Å². The molecule has 0 aromatic heterocycles. The summed E-state index contributed by atoms with van der Waals surface area (Å²) in [6.07, 6.45) is 2.66. The molecule has 0 spiro atoms. The van der Waals surface area contributed by atoms with Crippen LogP contribution in [0.15, 0.2) is 52.6 Å². The van der Waals surface area contributed by atoms with Crippen LogP contribution in [0.1, 0.15) is 6.92 Å². The molecule has 1 atom stereocenters. The predicted octanol–water partition coefficient (Wildman–Crippen LogP) is 1.20. The normalized spacial score (nSPS) is 21.2. The van der Waals surface area contributed by atoms with Crippen LogP contribution in [0, 0.1) is 0 Å². The maximum absolute atomic E-state index is 12.7. The first kappa shape index (κ1) is 14.8. The molecule has 1 saturated heterocycles. The second-order valence-electron chi connectivity index (χ2n) is 4.94. The van der Waals surface area contributed by atoms with Gasteiger partial charge in [-0.3, -0.25) is 19.2 Å². The third kappa shape index (κ3) is 2.22. The van der Waals surface area contributed by atoms with Crippen LogP contribution in [-0.2, 0) is 19.6 Å². The van der Waals surface area contributed by atoms with Crippen LogP contribution in [0.2, 0.25) is 5.02 Å². The first-order chi connectivity index (χ1) is 10.3. The summed E-state index contributed by atoms with van der Waals surface area (Å²) in [6.45, 7) is 1.63. The molecule has 2 heterocycles. The largest absolute Gasteiger partial charge is 0.288 e. The van der Waals surface area contributed by atoms with Crippen molar-refractivity contribution in [3.05, 3.63) is 52.7 Å². The number of carbonyl (C=O) groups is 2. The lowest BCUT2D eigenvalue weighted by Gasteiger charge is -2.28. The molecule has 0 aliphatic carbocycles. The Morgan fingerprint density at radius 1 is 1.09 bits per heavy atom. The number of imide groups is 1. The van der Waals surface area contributed by atoms with E-state index >= 15 is 0 Å². The van der Waals surface area contributed by atoms with E-state index in [1.807, 2.05) is 0 Å². The first-order valence-corrected chi connectivity index (χ1v) is 8.21. The zero-order valence-electron chi connectivity index (χ0n) is 11.4. The maximum atomic E-state index is 12.7. The lowest BCUT2D eigenvalue weighted by molar-refractivity contribution is -0.123. The van der Waals surface area contributed by atoms with Gasteiger partial charge >= 0.3 is 0 Å². The Morgan fingerprint density at radius 3 is 2.32 bits per heavy atom. The Hall–Kier alpha value is -2.12. The van der Waals surface area contributed by atoms with Crippen molar-refractivity contribution in [1.82, 2.24) is 9.62 Å². The fourth-order valence-electron chi connectivity index (χ4n) is 2.35. The molecule has 22 heavy (non-hydrogen) atoms. The van der Waals surface area contributed by atoms with Gasteiger partial charge in [0, 0.05) is 11.2 Å². The van der Waals surface area contributed by atoms with Gasteiger partial charge in [-0.25, -0.2) is 8.42 Å². The number of benzene rings is 1. The van der Waals surface area contributed by atoms with Gasteiger partial charge in [-0.1, -0.05) is 11.6 Å². The minimum atomic E-state index is -3.85. The van der Waals surface area contributed by atoms with Crippen molar-refractivity contribution in [3.63, 3.8) is 0 Å². The van der Waals surface area contributed by atoms with Gasteiger partial charge in [0.2, 0.25) is 0 Å². The molecule has 0 saturated carbocycles. The van der Waals surface area contributed by atoms with Gasteiger partial charge < -0.3 is 0 Å². The fourth-order valence-corrected chi connectivity index (χ4v) is 3.94. The molecular formula is C14H11ClN2O4S. The molecule has 2 aliphatic heterocycles.